The van der Waals surface area contributed by atoms with Crippen molar-refractivity contribution in [1.29, 1.82) is 0 Å². The Morgan fingerprint density at radius 1 is 1.36 bits per heavy atom. The zero-order chi connectivity index (χ0) is 11.1. The van der Waals surface area contributed by atoms with Gasteiger partial charge in [-0.1, -0.05) is 13.3 Å². The van der Waals surface area contributed by atoms with Gasteiger partial charge in [-0.2, -0.15) is 0 Å². The molecule has 1 unspecified atom stereocenters. The minimum Gasteiger partial charge on any atom is -0.481 e. The van der Waals surface area contributed by atoms with Gasteiger partial charge < -0.3 is 10.2 Å². The largest absolute Gasteiger partial charge is 0.481 e. The van der Waals surface area contributed by atoms with E-state index in [1.165, 1.54) is 0 Å². The van der Waals surface area contributed by atoms with Crippen molar-refractivity contribution in [3.05, 3.63) is 0 Å². The first-order valence-electron chi connectivity index (χ1n) is 4.63. The highest BCUT2D eigenvalue weighted by molar-refractivity contribution is 5.80. The number of carboxylic acid groups (broad SMARTS) is 2. The molecule has 0 aliphatic heterocycles. The standard InChI is InChI=1S/C9H17NO4/c1-3-4-5-10(2)7(9(13)14)6-8(11)12/h7H,3-6H2,1-2H3,(H,11,12)(H,13,14). The van der Waals surface area contributed by atoms with Crippen molar-refractivity contribution in [1.82, 2.24) is 4.90 Å². The fourth-order valence-corrected chi connectivity index (χ4v) is 1.16. The highest BCUT2D eigenvalue weighted by Crippen LogP contribution is 2.04. The fourth-order valence-electron chi connectivity index (χ4n) is 1.16. The van der Waals surface area contributed by atoms with Gasteiger partial charge in [0.25, 0.3) is 0 Å². The van der Waals surface area contributed by atoms with E-state index in [1.807, 2.05) is 6.92 Å². The Hall–Kier alpha value is -1.10. The van der Waals surface area contributed by atoms with E-state index in [4.69, 9.17) is 10.2 Å². The fraction of sp³-hybridized carbons (Fsp3) is 0.778. The summed E-state index contributed by atoms with van der Waals surface area (Å²) in [7, 11) is 1.64. The zero-order valence-electron chi connectivity index (χ0n) is 8.56. The van der Waals surface area contributed by atoms with Gasteiger partial charge in [0.1, 0.15) is 6.04 Å². The van der Waals surface area contributed by atoms with E-state index in [0.29, 0.717) is 6.54 Å². The molecule has 0 radical (unpaired) electrons. The van der Waals surface area contributed by atoms with Crippen LogP contribution in [0.15, 0.2) is 0 Å². The predicted molar refractivity (Wildman–Crippen MR) is 51.2 cm³/mol. The Kier molecular flexibility index (Phi) is 5.87. The first-order chi connectivity index (χ1) is 6.49. The van der Waals surface area contributed by atoms with Gasteiger partial charge in [0, 0.05) is 0 Å². The second-order valence-electron chi connectivity index (χ2n) is 3.29. The van der Waals surface area contributed by atoms with Crippen LogP contribution in [0.4, 0.5) is 0 Å². The number of hydrogen-bond acceptors (Lipinski definition) is 3. The Balaban J connectivity index is 4.18. The summed E-state index contributed by atoms with van der Waals surface area (Å²) in [4.78, 5) is 22.7. The van der Waals surface area contributed by atoms with Crippen molar-refractivity contribution in [2.75, 3.05) is 13.6 Å². The molecule has 0 spiro atoms. The molecule has 5 nitrogen and oxygen atoms in total. The third-order valence-electron chi connectivity index (χ3n) is 2.05. The molecule has 0 aromatic heterocycles. The topological polar surface area (TPSA) is 77.8 Å². The summed E-state index contributed by atoms with van der Waals surface area (Å²) >= 11 is 0. The van der Waals surface area contributed by atoms with E-state index in [9.17, 15) is 9.59 Å². The van der Waals surface area contributed by atoms with Gasteiger partial charge in [-0.3, -0.25) is 14.5 Å². The van der Waals surface area contributed by atoms with Crippen molar-refractivity contribution in [2.45, 2.75) is 32.2 Å². The Bertz CT molecular complexity index is 205. The monoisotopic (exact) mass is 203 g/mol. The molecule has 0 aliphatic rings. The van der Waals surface area contributed by atoms with Crippen LogP contribution < -0.4 is 0 Å². The van der Waals surface area contributed by atoms with Crippen LogP contribution in [0.1, 0.15) is 26.2 Å². The highest BCUT2D eigenvalue weighted by Gasteiger charge is 2.24. The molecule has 0 rings (SSSR count). The second kappa shape index (κ2) is 6.37. The summed E-state index contributed by atoms with van der Waals surface area (Å²) in [5.74, 6) is -2.16. The minimum absolute atomic E-state index is 0.352. The summed E-state index contributed by atoms with van der Waals surface area (Å²) < 4.78 is 0. The molecule has 0 amide bonds. The van der Waals surface area contributed by atoms with E-state index >= 15 is 0 Å². The molecule has 0 fully saturated rings. The van der Waals surface area contributed by atoms with Crippen molar-refractivity contribution in [3.63, 3.8) is 0 Å². The Labute approximate surface area is 83.3 Å². The molecular weight excluding hydrogens is 186 g/mol. The van der Waals surface area contributed by atoms with Crippen LogP contribution in [0, 0.1) is 0 Å². The first kappa shape index (κ1) is 12.9. The van der Waals surface area contributed by atoms with E-state index in [0.717, 1.165) is 12.8 Å². The lowest BCUT2D eigenvalue weighted by Crippen LogP contribution is -2.40. The van der Waals surface area contributed by atoms with Gasteiger partial charge in [-0.25, -0.2) is 0 Å². The number of nitrogens with zero attached hydrogens (tertiary/aromatic N) is 1. The quantitative estimate of drug-likeness (QED) is 0.635. The number of hydrogen-bond donors (Lipinski definition) is 2. The van der Waals surface area contributed by atoms with Gasteiger partial charge >= 0.3 is 11.9 Å². The average molecular weight is 203 g/mol. The van der Waals surface area contributed by atoms with Gasteiger partial charge in [-0.05, 0) is 20.0 Å². The minimum atomic E-state index is -1.08. The number of aliphatic carboxylic acids is 2. The maximum absolute atomic E-state index is 10.7. The highest BCUT2D eigenvalue weighted by atomic mass is 16.4. The molecule has 5 heteroatoms. The number of likely N-dealkylation sites (N-methyl/N-ethyl adjacent to an activating group) is 1. The number of unbranched alkanes of at least 4 members (excludes halogenated alkanes) is 1. The van der Waals surface area contributed by atoms with E-state index in [-0.39, 0.29) is 6.42 Å². The van der Waals surface area contributed by atoms with Crippen LogP contribution in [-0.4, -0.2) is 46.7 Å². The summed E-state index contributed by atoms with van der Waals surface area (Å²) in [6.45, 7) is 2.61. The van der Waals surface area contributed by atoms with Crippen LogP contribution in [0.25, 0.3) is 0 Å². The zero-order valence-corrected chi connectivity index (χ0v) is 8.56. The summed E-state index contributed by atoms with van der Waals surface area (Å²) in [6, 6.07) is -0.918. The molecular formula is C9H17NO4. The Morgan fingerprint density at radius 2 is 1.93 bits per heavy atom. The van der Waals surface area contributed by atoms with Gasteiger partial charge in [0.2, 0.25) is 0 Å². The lowest BCUT2D eigenvalue weighted by molar-refractivity contribution is -0.149. The van der Waals surface area contributed by atoms with Gasteiger partial charge in [0.05, 0.1) is 6.42 Å². The van der Waals surface area contributed by atoms with Crippen molar-refractivity contribution >= 4 is 11.9 Å². The molecule has 0 bridgehead atoms. The van der Waals surface area contributed by atoms with Gasteiger partial charge in [-0.15, -0.1) is 0 Å². The number of rotatable bonds is 7. The van der Waals surface area contributed by atoms with Crippen LogP contribution >= 0.6 is 0 Å². The Morgan fingerprint density at radius 3 is 2.29 bits per heavy atom. The van der Waals surface area contributed by atoms with E-state index < -0.39 is 18.0 Å². The summed E-state index contributed by atoms with van der Waals surface area (Å²) in [5, 5.41) is 17.3. The number of carboxylic acids is 2. The molecule has 0 aliphatic carbocycles. The molecule has 14 heavy (non-hydrogen) atoms. The molecule has 2 N–H and O–H groups in total. The molecule has 82 valence electrons. The molecule has 1 atom stereocenters. The van der Waals surface area contributed by atoms with E-state index in [2.05, 4.69) is 0 Å². The maximum atomic E-state index is 10.7. The maximum Gasteiger partial charge on any atom is 0.321 e. The van der Waals surface area contributed by atoms with Crippen LogP contribution in [-0.2, 0) is 9.59 Å². The third-order valence-corrected chi connectivity index (χ3v) is 2.05. The second-order valence-corrected chi connectivity index (χ2v) is 3.29. The SMILES string of the molecule is CCCCN(C)C(CC(=O)O)C(=O)O. The summed E-state index contributed by atoms with van der Waals surface area (Å²) in [5.41, 5.74) is 0. The summed E-state index contributed by atoms with van der Waals surface area (Å²) in [6.07, 6.45) is 1.49. The number of carbonyl (C=O) groups is 2. The third kappa shape index (κ3) is 4.81. The van der Waals surface area contributed by atoms with Crippen LogP contribution in [0.2, 0.25) is 0 Å². The smallest absolute Gasteiger partial charge is 0.321 e. The first-order valence-corrected chi connectivity index (χ1v) is 4.63. The van der Waals surface area contributed by atoms with Crippen molar-refractivity contribution < 1.29 is 19.8 Å². The lowest BCUT2D eigenvalue weighted by Gasteiger charge is -2.22. The molecule has 0 saturated carbocycles. The van der Waals surface area contributed by atoms with Crippen LogP contribution in [0.5, 0.6) is 0 Å². The van der Waals surface area contributed by atoms with Gasteiger partial charge in [0.15, 0.2) is 0 Å². The molecule has 0 saturated heterocycles. The van der Waals surface area contributed by atoms with Crippen molar-refractivity contribution in [3.8, 4) is 0 Å². The van der Waals surface area contributed by atoms with Crippen LogP contribution in [0.3, 0.4) is 0 Å². The average Bonchev–Trinajstić information content (AvgIpc) is 2.09. The van der Waals surface area contributed by atoms with Crippen molar-refractivity contribution in [2.24, 2.45) is 0 Å². The normalized spacial score (nSPS) is 12.8. The predicted octanol–water partition coefficient (Wildman–Crippen LogP) is 0.646. The lowest BCUT2D eigenvalue weighted by atomic mass is 10.1. The van der Waals surface area contributed by atoms with E-state index in [1.54, 1.807) is 11.9 Å². The molecule has 0 aromatic carbocycles. The molecule has 0 aromatic rings. The molecule has 0 heterocycles.